The van der Waals surface area contributed by atoms with Gasteiger partial charge in [-0.15, -0.1) is 0 Å². The number of imide groups is 2. The number of carbonyl (C=O) groups is 4. The minimum atomic E-state index is -4.39. The Kier molecular flexibility index (Phi) is 5.77. The van der Waals surface area contributed by atoms with Crippen molar-refractivity contribution in [2.45, 2.75) is 12.8 Å². The number of urea groups is 1. The fourth-order valence-electron chi connectivity index (χ4n) is 2.61. The zero-order chi connectivity index (χ0) is 19.5. The number of hydrogen-bond donors (Lipinski definition) is 3. The van der Waals surface area contributed by atoms with Crippen molar-refractivity contribution in [1.29, 1.82) is 0 Å². The molecule has 142 valence electrons. The Morgan fingerprint density at radius 3 is 2.58 bits per heavy atom. The van der Waals surface area contributed by atoms with Crippen LogP contribution in [0.1, 0.15) is 12.8 Å². The molecule has 0 aromatic rings. The lowest BCUT2D eigenvalue weighted by molar-refractivity contribution is -0.130. The van der Waals surface area contributed by atoms with Crippen LogP contribution in [0.25, 0.3) is 0 Å². The predicted octanol–water partition coefficient (Wildman–Crippen LogP) is -1.66. The van der Waals surface area contributed by atoms with Gasteiger partial charge in [0.15, 0.2) is 0 Å². The number of allylic oxidation sites excluding steroid dienone is 3. The SMILES string of the molecule is NC(=O)CN1CCCC1=CC=C1C(=O)NC(=O)N(CCS(=O)(=O)O)C1=O. The average Bonchev–Trinajstić information content (AvgIpc) is 2.91. The van der Waals surface area contributed by atoms with Gasteiger partial charge < -0.3 is 10.6 Å². The molecule has 11 nitrogen and oxygen atoms in total. The number of nitrogens with one attached hydrogen (secondary N) is 1. The molecule has 0 saturated carbocycles. The molecule has 0 aliphatic carbocycles. The van der Waals surface area contributed by atoms with Gasteiger partial charge in [0, 0.05) is 18.8 Å². The highest BCUT2D eigenvalue weighted by Gasteiger charge is 2.35. The summed E-state index contributed by atoms with van der Waals surface area (Å²) >= 11 is 0. The van der Waals surface area contributed by atoms with Crippen LogP contribution in [-0.4, -0.2) is 71.9 Å². The Morgan fingerprint density at radius 2 is 1.96 bits per heavy atom. The highest BCUT2D eigenvalue weighted by Crippen LogP contribution is 2.21. The lowest BCUT2D eigenvalue weighted by atomic mass is 10.1. The lowest BCUT2D eigenvalue weighted by Gasteiger charge is -2.25. The minimum absolute atomic E-state index is 0.00806. The van der Waals surface area contributed by atoms with E-state index in [1.165, 1.54) is 12.2 Å². The third kappa shape index (κ3) is 4.89. The van der Waals surface area contributed by atoms with Crippen molar-refractivity contribution in [2.24, 2.45) is 5.73 Å². The van der Waals surface area contributed by atoms with Crippen molar-refractivity contribution >= 4 is 33.9 Å². The van der Waals surface area contributed by atoms with E-state index in [0.717, 1.165) is 6.42 Å². The highest BCUT2D eigenvalue weighted by molar-refractivity contribution is 7.85. The fraction of sp³-hybridized carbons (Fsp3) is 0.429. The van der Waals surface area contributed by atoms with Gasteiger partial charge in [-0.1, -0.05) is 0 Å². The molecule has 4 N–H and O–H groups in total. The number of primary amides is 1. The molecule has 0 aromatic carbocycles. The summed E-state index contributed by atoms with van der Waals surface area (Å²) in [6.45, 7) is 0.0175. The number of amides is 5. The molecule has 0 radical (unpaired) electrons. The first-order chi connectivity index (χ1) is 12.1. The Balaban J connectivity index is 2.20. The lowest BCUT2D eigenvalue weighted by Crippen LogP contribution is -2.55. The summed E-state index contributed by atoms with van der Waals surface area (Å²) in [6.07, 6.45) is 4.10. The molecule has 26 heavy (non-hydrogen) atoms. The smallest absolute Gasteiger partial charge is 0.331 e. The number of carbonyl (C=O) groups excluding carboxylic acids is 4. The van der Waals surface area contributed by atoms with Crippen molar-refractivity contribution < 1.29 is 32.1 Å². The van der Waals surface area contributed by atoms with Gasteiger partial charge in [0.1, 0.15) is 5.57 Å². The summed E-state index contributed by atoms with van der Waals surface area (Å²) in [5.74, 6) is -3.25. The van der Waals surface area contributed by atoms with Crippen molar-refractivity contribution in [2.75, 3.05) is 25.4 Å². The third-order valence-corrected chi connectivity index (χ3v) is 4.51. The molecule has 2 aliphatic heterocycles. The van der Waals surface area contributed by atoms with Crippen LogP contribution in [-0.2, 0) is 24.5 Å². The summed E-state index contributed by atoms with van der Waals surface area (Å²) in [7, 11) is -4.39. The van der Waals surface area contributed by atoms with Gasteiger partial charge in [-0.25, -0.2) is 4.79 Å². The topological polar surface area (TPSA) is 167 Å². The van der Waals surface area contributed by atoms with Gasteiger partial charge in [-0.2, -0.15) is 8.42 Å². The molecule has 0 unspecified atom stereocenters. The molecule has 2 fully saturated rings. The largest absolute Gasteiger partial charge is 0.368 e. The summed E-state index contributed by atoms with van der Waals surface area (Å²) in [5, 5.41) is 1.93. The van der Waals surface area contributed by atoms with Gasteiger partial charge in [0.25, 0.3) is 21.9 Å². The van der Waals surface area contributed by atoms with Gasteiger partial charge in [-0.05, 0) is 25.0 Å². The van der Waals surface area contributed by atoms with Gasteiger partial charge >= 0.3 is 6.03 Å². The summed E-state index contributed by atoms with van der Waals surface area (Å²) in [4.78, 5) is 49.2. The summed E-state index contributed by atoms with van der Waals surface area (Å²) < 4.78 is 30.4. The zero-order valence-electron chi connectivity index (χ0n) is 13.7. The summed E-state index contributed by atoms with van der Waals surface area (Å²) in [6, 6.07) is -1.07. The first-order valence-electron chi connectivity index (χ1n) is 7.65. The number of likely N-dealkylation sites (tertiary alicyclic amines) is 1. The van der Waals surface area contributed by atoms with E-state index in [4.69, 9.17) is 10.3 Å². The number of barbiturate groups is 1. The van der Waals surface area contributed by atoms with Crippen LogP contribution < -0.4 is 11.1 Å². The maximum atomic E-state index is 12.3. The Bertz CT molecular complexity index is 815. The second-order valence-electron chi connectivity index (χ2n) is 5.73. The molecule has 2 aliphatic rings. The first kappa shape index (κ1) is 19.6. The molecule has 0 aromatic heterocycles. The molecule has 0 atom stereocenters. The monoisotopic (exact) mass is 386 g/mol. The van der Waals surface area contributed by atoms with Gasteiger partial charge in [0.2, 0.25) is 5.91 Å². The van der Waals surface area contributed by atoms with Crippen LogP contribution in [0, 0.1) is 0 Å². The second kappa shape index (κ2) is 7.66. The van der Waals surface area contributed by atoms with Crippen molar-refractivity contribution in [3.8, 4) is 0 Å². The number of nitrogens with zero attached hydrogens (tertiary/aromatic N) is 2. The second-order valence-corrected chi connectivity index (χ2v) is 7.30. The molecule has 0 spiro atoms. The van der Waals surface area contributed by atoms with Crippen molar-refractivity contribution in [3.63, 3.8) is 0 Å². The van der Waals surface area contributed by atoms with Crippen LogP contribution >= 0.6 is 0 Å². The predicted molar refractivity (Wildman–Crippen MR) is 87.8 cm³/mol. The highest BCUT2D eigenvalue weighted by atomic mass is 32.2. The van der Waals surface area contributed by atoms with Crippen LogP contribution in [0.2, 0.25) is 0 Å². The molecule has 2 saturated heterocycles. The number of hydrogen-bond acceptors (Lipinski definition) is 7. The van der Waals surface area contributed by atoms with Gasteiger partial charge in [-0.3, -0.25) is 29.2 Å². The van der Waals surface area contributed by atoms with Crippen molar-refractivity contribution in [3.05, 3.63) is 23.4 Å². The van der Waals surface area contributed by atoms with E-state index >= 15 is 0 Å². The first-order valence-corrected chi connectivity index (χ1v) is 9.26. The third-order valence-electron chi connectivity index (χ3n) is 3.81. The quantitative estimate of drug-likeness (QED) is 0.277. The van der Waals surface area contributed by atoms with Gasteiger partial charge in [0.05, 0.1) is 12.3 Å². The van der Waals surface area contributed by atoms with E-state index < -0.39 is 46.2 Å². The molecule has 0 bridgehead atoms. The zero-order valence-corrected chi connectivity index (χ0v) is 14.5. The van der Waals surface area contributed by atoms with E-state index in [9.17, 15) is 27.6 Å². The van der Waals surface area contributed by atoms with E-state index in [2.05, 4.69) is 0 Å². The van der Waals surface area contributed by atoms with Crippen LogP contribution in [0.5, 0.6) is 0 Å². The number of nitrogens with two attached hydrogens (primary N) is 1. The van der Waals surface area contributed by atoms with E-state index in [1.807, 2.05) is 5.32 Å². The van der Waals surface area contributed by atoms with E-state index in [1.54, 1.807) is 4.90 Å². The Hall–Kier alpha value is -2.73. The standard InChI is InChI=1S/C14H18N4O7S/c15-11(19)8-17-5-1-2-9(17)3-4-10-12(20)16-14(22)18(13(10)21)6-7-26(23,24)25/h3-4H,1-2,5-8H2,(H2,15,19)(H,16,20,22)(H,23,24,25). The fourth-order valence-corrected chi connectivity index (χ4v) is 3.03. The maximum Gasteiger partial charge on any atom is 0.331 e. The van der Waals surface area contributed by atoms with Crippen LogP contribution in [0.3, 0.4) is 0 Å². The van der Waals surface area contributed by atoms with Crippen molar-refractivity contribution in [1.82, 2.24) is 15.1 Å². The summed E-state index contributed by atoms with van der Waals surface area (Å²) in [5.41, 5.74) is 5.51. The Morgan fingerprint density at radius 1 is 1.27 bits per heavy atom. The molecule has 5 amide bonds. The minimum Gasteiger partial charge on any atom is -0.368 e. The van der Waals surface area contributed by atoms with Crippen LogP contribution in [0.4, 0.5) is 4.79 Å². The molecular weight excluding hydrogens is 368 g/mol. The maximum absolute atomic E-state index is 12.3. The molecule has 2 heterocycles. The Labute approximate surface area is 149 Å². The molecule has 12 heteroatoms. The number of rotatable bonds is 6. The normalized spacial score (nSPS) is 21.7. The molecular formula is C14H18N4O7S. The van der Waals surface area contributed by atoms with Crippen LogP contribution in [0.15, 0.2) is 23.4 Å². The van der Waals surface area contributed by atoms with E-state index in [0.29, 0.717) is 23.6 Å². The van der Waals surface area contributed by atoms with E-state index in [-0.39, 0.29) is 12.1 Å². The average molecular weight is 386 g/mol. The molecule has 2 rings (SSSR count).